The molecule has 0 spiro atoms. The van der Waals surface area contributed by atoms with Gasteiger partial charge in [-0.05, 0) is 0 Å². The zero-order chi connectivity index (χ0) is 7.42. The molecule has 0 N–H and O–H groups in total. The molecule has 0 amide bonds. The Morgan fingerprint density at radius 1 is 1.09 bits per heavy atom. The van der Waals surface area contributed by atoms with Gasteiger partial charge in [0, 0.05) is 18.9 Å². The molecule has 1 heterocycles. The predicted octanol–water partition coefficient (Wildman–Crippen LogP) is 0.0450. The van der Waals surface area contributed by atoms with Crippen LogP contribution in [0.15, 0.2) is 0 Å². The molecule has 1 saturated heterocycles. The lowest BCUT2D eigenvalue weighted by molar-refractivity contribution is -0.192. The minimum Gasteiger partial charge on any atom is -0.381 e. The number of methoxy groups -OCH3 is 1. The van der Waals surface area contributed by atoms with Gasteiger partial charge in [-0.15, -0.1) is 0 Å². The number of ether oxygens (including phenoxy) is 3. The Bertz CT molecular complexity index is 164. The van der Waals surface area contributed by atoms with Crippen LogP contribution in [0.1, 0.15) is 0 Å². The second-order valence-electron chi connectivity index (χ2n) is 3.53. The van der Waals surface area contributed by atoms with Crippen LogP contribution >= 0.6 is 0 Å². The first-order chi connectivity index (χ1) is 5.43. The fourth-order valence-corrected chi connectivity index (χ4v) is 2.53. The summed E-state index contributed by atoms with van der Waals surface area (Å²) in [5.74, 6) is 1.32. The molecule has 3 aliphatic rings. The van der Waals surface area contributed by atoms with Crippen molar-refractivity contribution in [3.05, 3.63) is 0 Å². The first kappa shape index (κ1) is 6.40. The normalized spacial score (nSPS) is 59.2. The van der Waals surface area contributed by atoms with E-state index in [1.165, 1.54) is 0 Å². The number of rotatable bonds is 1. The summed E-state index contributed by atoms with van der Waals surface area (Å²) in [6, 6.07) is 0. The molecule has 2 saturated carbocycles. The quantitative estimate of drug-likeness (QED) is 0.536. The van der Waals surface area contributed by atoms with Crippen molar-refractivity contribution in [1.82, 2.24) is 0 Å². The van der Waals surface area contributed by atoms with E-state index in [2.05, 4.69) is 0 Å². The Balaban J connectivity index is 1.72. The third kappa shape index (κ3) is 0.643. The average molecular weight is 156 g/mol. The summed E-state index contributed by atoms with van der Waals surface area (Å²) in [6.45, 7) is 1.53. The van der Waals surface area contributed by atoms with Crippen LogP contribution in [-0.4, -0.2) is 38.6 Å². The SMILES string of the molecule is COC1C2C3OCCOC3C12. The molecule has 0 aromatic rings. The maximum atomic E-state index is 5.56. The van der Waals surface area contributed by atoms with Crippen LogP contribution < -0.4 is 0 Å². The first-order valence-electron chi connectivity index (χ1n) is 4.19. The van der Waals surface area contributed by atoms with E-state index >= 15 is 0 Å². The lowest BCUT2D eigenvalue weighted by Crippen LogP contribution is -2.49. The molecule has 4 unspecified atom stereocenters. The van der Waals surface area contributed by atoms with Crippen molar-refractivity contribution in [3.63, 3.8) is 0 Å². The van der Waals surface area contributed by atoms with Crippen LogP contribution in [0.4, 0.5) is 0 Å². The maximum Gasteiger partial charge on any atom is 0.0899 e. The van der Waals surface area contributed by atoms with Gasteiger partial charge in [-0.3, -0.25) is 0 Å². The van der Waals surface area contributed by atoms with Crippen LogP contribution in [-0.2, 0) is 14.2 Å². The summed E-state index contributed by atoms with van der Waals surface area (Å²) in [6.07, 6.45) is 1.15. The van der Waals surface area contributed by atoms with Gasteiger partial charge in [0.2, 0.25) is 0 Å². The summed E-state index contributed by atoms with van der Waals surface area (Å²) in [5, 5.41) is 0. The van der Waals surface area contributed by atoms with Gasteiger partial charge in [0.25, 0.3) is 0 Å². The Labute approximate surface area is 65.6 Å². The van der Waals surface area contributed by atoms with E-state index in [1.54, 1.807) is 7.11 Å². The largest absolute Gasteiger partial charge is 0.381 e. The number of fused-ring (bicyclic) bond motifs is 4. The number of hydrogen-bond donors (Lipinski definition) is 0. The fourth-order valence-electron chi connectivity index (χ4n) is 2.53. The maximum absolute atomic E-state index is 5.56. The van der Waals surface area contributed by atoms with Crippen LogP contribution in [0.5, 0.6) is 0 Å². The highest BCUT2D eigenvalue weighted by Crippen LogP contribution is 2.60. The fraction of sp³-hybridized carbons (Fsp3) is 1.00. The molecule has 0 radical (unpaired) electrons. The predicted molar refractivity (Wildman–Crippen MR) is 37.3 cm³/mol. The third-order valence-electron chi connectivity index (χ3n) is 3.12. The first-order valence-corrected chi connectivity index (χ1v) is 4.19. The lowest BCUT2D eigenvalue weighted by atomic mass is 9.91. The molecular formula is C8H12O3. The van der Waals surface area contributed by atoms with E-state index in [4.69, 9.17) is 14.2 Å². The van der Waals surface area contributed by atoms with E-state index in [0.717, 1.165) is 13.2 Å². The second kappa shape index (κ2) is 1.97. The van der Waals surface area contributed by atoms with E-state index in [1.807, 2.05) is 0 Å². The summed E-state index contributed by atoms with van der Waals surface area (Å²) >= 11 is 0. The summed E-state index contributed by atoms with van der Waals surface area (Å²) in [5.41, 5.74) is 0. The minimum atomic E-state index is 0.360. The standard InChI is InChI=1S/C8H12O3/c1-9-6-4-5(6)8-7(4)10-2-3-11-8/h4-8H,2-3H2,1H3. The molecule has 2 aliphatic carbocycles. The van der Waals surface area contributed by atoms with Crippen molar-refractivity contribution in [2.75, 3.05) is 20.3 Å². The summed E-state index contributed by atoms with van der Waals surface area (Å²) in [7, 11) is 1.77. The van der Waals surface area contributed by atoms with Crippen LogP contribution in [0.3, 0.4) is 0 Å². The van der Waals surface area contributed by atoms with Gasteiger partial charge in [-0.1, -0.05) is 0 Å². The highest BCUT2D eigenvalue weighted by molar-refractivity contribution is 5.20. The van der Waals surface area contributed by atoms with E-state index in [9.17, 15) is 0 Å². The minimum absolute atomic E-state index is 0.360. The van der Waals surface area contributed by atoms with Crippen molar-refractivity contribution < 1.29 is 14.2 Å². The van der Waals surface area contributed by atoms with Crippen molar-refractivity contribution in [2.24, 2.45) is 11.8 Å². The van der Waals surface area contributed by atoms with Crippen molar-refractivity contribution in [3.8, 4) is 0 Å². The molecule has 0 bridgehead atoms. The van der Waals surface area contributed by atoms with Gasteiger partial charge >= 0.3 is 0 Å². The second-order valence-corrected chi connectivity index (χ2v) is 3.53. The van der Waals surface area contributed by atoms with E-state index in [-0.39, 0.29) is 0 Å². The Morgan fingerprint density at radius 3 is 2.09 bits per heavy atom. The van der Waals surface area contributed by atoms with Crippen molar-refractivity contribution in [1.29, 1.82) is 0 Å². The van der Waals surface area contributed by atoms with Gasteiger partial charge < -0.3 is 14.2 Å². The summed E-state index contributed by atoms with van der Waals surface area (Å²) in [4.78, 5) is 0. The molecule has 62 valence electrons. The Hall–Kier alpha value is -0.120. The van der Waals surface area contributed by atoms with Crippen molar-refractivity contribution >= 4 is 0 Å². The highest BCUT2D eigenvalue weighted by Gasteiger charge is 2.72. The van der Waals surface area contributed by atoms with Crippen LogP contribution in [0, 0.1) is 11.8 Å². The van der Waals surface area contributed by atoms with Gasteiger partial charge in [0.15, 0.2) is 0 Å². The average Bonchev–Trinajstić information content (AvgIpc) is 2.68. The molecule has 3 nitrogen and oxygen atoms in total. The van der Waals surface area contributed by atoms with E-state index in [0.29, 0.717) is 30.1 Å². The van der Waals surface area contributed by atoms with E-state index < -0.39 is 0 Å². The summed E-state index contributed by atoms with van der Waals surface area (Å²) < 4.78 is 16.4. The molecule has 1 aliphatic heterocycles. The molecule has 3 heteroatoms. The van der Waals surface area contributed by atoms with Gasteiger partial charge in [-0.2, -0.15) is 0 Å². The molecule has 0 aromatic carbocycles. The Morgan fingerprint density at radius 2 is 1.64 bits per heavy atom. The molecule has 11 heavy (non-hydrogen) atoms. The molecule has 3 fully saturated rings. The van der Waals surface area contributed by atoms with Gasteiger partial charge in [0.05, 0.1) is 31.5 Å². The smallest absolute Gasteiger partial charge is 0.0899 e. The molecule has 3 rings (SSSR count). The zero-order valence-electron chi connectivity index (χ0n) is 6.53. The van der Waals surface area contributed by atoms with Crippen LogP contribution in [0.2, 0.25) is 0 Å². The molecule has 0 aromatic heterocycles. The monoisotopic (exact) mass is 156 g/mol. The van der Waals surface area contributed by atoms with Crippen molar-refractivity contribution in [2.45, 2.75) is 18.3 Å². The lowest BCUT2D eigenvalue weighted by Gasteiger charge is -2.38. The highest BCUT2D eigenvalue weighted by atomic mass is 16.6. The van der Waals surface area contributed by atoms with Gasteiger partial charge in [0.1, 0.15) is 0 Å². The topological polar surface area (TPSA) is 27.7 Å². The Kier molecular flexibility index (Phi) is 1.15. The third-order valence-corrected chi connectivity index (χ3v) is 3.12. The van der Waals surface area contributed by atoms with Gasteiger partial charge in [-0.25, -0.2) is 0 Å². The van der Waals surface area contributed by atoms with Crippen LogP contribution in [0.25, 0.3) is 0 Å². The molecular weight excluding hydrogens is 144 g/mol. The number of hydrogen-bond acceptors (Lipinski definition) is 3. The molecule has 4 atom stereocenters. The zero-order valence-corrected chi connectivity index (χ0v) is 6.53.